The number of carbonyl (C=O) groups is 1. The lowest BCUT2D eigenvalue weighted by Gasteiger charge is -2.00. The van der Waals surface area contributed by atoms with Crippen LogP contribution in [0.15, 0.2) is 47.6 Å². The van der Waals surface area contributed by atoms with Crippen molar-refractivity contribution in [3.8, 4) is 6.07 Å². The molecule has 0 bridgehead atoms. The summed E-state index contributed by atoms with van der Waals surface area (Å²) in [5.74, 6) is -0.383. The van der Waals surface area contributed by atoms with E-state index in [0.29, 0.717) is 5.56 Å². The topological polar surface area (TPSA) is 79.5 Å². The number of benzene rings is 2. The van der Waals surface area contributed by atoms with Gasteiger partial charge in [-0.15, -0.1) is 4.91 Å². The minimum Gasteiger partial charge on any atom is -0.465 e. The number of hydrogen-bond acceptors (Lipinski definition) is 5. The molecule has 5 heteroatoms. The lowest BCUT2D eigenvalue weighted by molar-refractivity contribution is 0.0600. The van der Waals surface area contributed by atoms with Crippen molar-refractivity contribution < 1.29 is 9.53 Å². The molecule has 0 atom stereocenters. The van der Waals surface area contributed by atoms with E-state index in [2.05, 4.69) is 9.91 Å². The third-order valence-electron chi connectivity index (χ3n) is 3.04. The molecule has 22 heavy (non-hydrogen) atoms. The van der Waals surface area contributed by atoms with Crippen molar-refractivity contribution in [2.75, 3.05) is 7.11 Å². The molecule has 2 rings (SSSR count). The highest BCUT2D eigenvalue weighted by atomic mass is 16.5. The van der Waals surface area contributed by atoms with Gasteiger partial charge in [0.25, 0.3) is 0 Å². The second-order valence-corrected chi connectivity index (χ2v) is 4.43. The summed E-state index contributed by atoms with van der Waals surface area (Å²) in [7, 11) is 1.33. The summed E-state index contributed by atoms with van der Waals surface area (Å²) in [6.07, 6.45) is 3.65. The van der Waals surface area contributed by atoms with E-state index >= 15 is 0 Å². The molecule has 0 aliphatic heterocycles. The van der Waals surface area contributed by atoms with Crippen LogP contribution in [0.1, 0.15) is 27.0 Å². The summed E-state index contributed by atoms with van der Waals surface area (Å²) in [4.78, 5) is 21.9. The predicted octanol–water partition coefficient (Wildman–Crippen LogP) is 3.91. The number of nitroso groups, excluding NO2 is 1. The van der Waals surface area contributed by atoms with E-state index in [9.17, 15) is 9.70 Å². The third kappa shape index (κ3) is 3.44. The van der Waals surface area contributed by atoms with E-state index in [1.54, 1.807) is 36.4 Å². The fraction of sp³-hybridized carbons (Fsp3) is 0.0588. The second kappa shape index (κ2) is 6.95. The SMILES string of the molecule is COC(=O)c1ccc(/C=C/c2ccc(N=O)c(C#N)c2)cc1. The van der Waals surface area contributed by atoms with Gasteiger partial charge in [-0.3, -0.25) is 0 Å². The lowest BCUT2D eigenvalue weighted by Crippen LogP contribution is -2.00. The minimum atomic E-state index is -0.383. The Morgan fingerprint density at radius 2 is 1.77 bits per heavy atom. The van der Waals surface area contributed by atoms with E-state index in [-0.39, 0.29) is 17.2 Å². The molecular formula is C17H12N2O3. The largest absolute Gasteiger partial charge is 0.465 e. The normalized spacial score (nSPS) is 10.2. The van der Waals surface area contributed by atoms with E-state index < -0.39 is 0 Å². The molecule has 0 spiro atoms. The summed E-state index contributed by atoms with van der Waals surface area (Å²) >= 11 is 0. The smallest absolute Gasteiger partial charge is 0.337 e. The Labute approximate surface area is 127 Å². The molecular weight excluding hydrogens is 280 g/mol. The van der Waals surface area contributed by atoms with Crippen LogP contribution in [0.25, 0.3) is 12.2 Å². The summed E-state index contributed by atoms with van der Waals surface area (Å²) in [6.45, 7) is 0. The highest BCUT2D eigenvalue weighted by Gasteiger charge is 2.04. The first-order valence-electron chi connectivity index (χ1n) is 6.42. The number of esters is 1. The van der Waals surface area contributed by atoms with Gasteiger partial charge in [0.15, 0.2) is 0 Å². The quantitative estimate of drug-likeness (QED) is 0.486. The Balaban J connectivity index is 2.20. The summed E-state index contributed by atoms with van der Waals surface area (Å²) in [5.41, 5.74) is 2.51. The van der Waals surface area contributed by atoms with Crippen LogP contribution in [0.4, 0.5) is 5.69 Å². The highest BCUT2D eigenvalue weighted by Crippen LogP contribution is 2.20. The number of ether oxygens (including phenoxy) is 1. The first kappa shape index (κ1) is 15.1. The molecule has 5 nitrogen and oxygen atoms in total. The van der Waals surface area contributed by atoms with Crippen LogP contribution >= 0.6 is 0 Å². The molecule has 0 fully saturated rings. The molecule has 2 aromatic carbocycles. The van der Waals surface area contributed by atoms with Gasteiger partial charge < -0.3 is 4.74 Å². The van der Waals surface area contributed by atoms with Gasteiger partial charge in [0.2, 0.25) is 0 Å². The average Bonchev–Trinajstić information content (AvgIpc) is 2.59. The number of carbonyl (C=O) groups excluding carboxylic acids is 1. The van der Waals surface area contributed by atoms with Crippen molar-refractivity contribution in [2.24, 2.45) is 5.18 Å². The van der Waals surface area contributed by atoms with Crippen molar-refractivity contribution in [3.63, 3.8) is 0 Å². The molecule has 0 unspecified atom stereocenters. The van der Waals surface area contributed by atoms with Crippen LogP contribution in [-0.2, 0) is 4.74 Å². The monoisotopic (exact) mass is 292 g/mol. The van der Waals surface area contributed by atoms with Crippen LogP contribution in [0, 0.1) is 16.2 Å². The van der Waals surface area contributed by atoms with Crippen molar-refractivity contribution in [3.05, 3.63) is 69.6 Å². The summed E-state index contributed by atoms with van der Waals surface area (Å²) in [5, 5.41) is 11.7. The van der Waals surface area contributed by atoms with Crippen LogP contribution < -0.4 is 0 Å². The van der Waals surface area contributed by atoms with Gasteiger partial charge in [-0.05, 0) is 40.6 Å². The number of nitrogens with zero attached hydrogens (tertiary/aromatic N) is 2. The fourth-order valence-corrected chi connectivity index (χ4v) is 1.87. The van der Waals surface area contributed by atoms with Gasteiger partial charge in [-0.2, -0.15) is 5.26 Å². The molecule has 0 aliphatic rings. The number of methoxy groups -OCH3 is 1. The van der Waals surface area contributed by atoms with Gasteiger partial charge in [0.1, 0.15) is 11.8 Å². The van der Waals surface area contributed by atoms with Crippen LogP contribution in [0.2, 0.25) is 0 Å². The standard InChI is InChI=1S/C17H12N2O3/c1-22-17(20)14-7-4-12(5-8-14)2-3-13-6-9-16(19-21)15(10-13)11-18/h2-10H,1H3/b3-2+. The zero-order chi connectivity index (χ0) is 15.9. The Morgan fingerprint density at radius 1 is 1.14 bits per heavy atom. The number of nitriles is 1. The van der Waals surface area contributed by atoms with E-state index in [1.165, 1.54) is 13.2 Å². The third-order valence-corrected chi connectivity index (χ3v) is 3.04. The summed E-state index contributed by atoms with van der Waals surface area (Å²) < 4.78 is 4.63. The molecule has 0 heterocycles. The zero-order valence-corrected chi connectivity index (χ0v) is 11.8. The maximum atomic E-state index is 11.3. The Bertz CT molecular complexity index is 771. The molecule has 0 amide bonds. The van der Waals surface area contributed by atoms with Gasteiger partial charge in [-0.25, -0.2) is 4.79 Å². The molecule has 2 aromatic rings. The van der Waals surface area contributed by atoms with E-state index in [4.69, 9.17) is 5.26 Å². The van der Waals surface area contributed by atoms with Gasteiger partial charge in [-0.1, -0.05) is 30.4 Å². The first-order chi connectivity index (χ1) is 10.7. The van der Waals surface area contributed by atoms with Crippen molar-refractivity contribution in [1.29, 1.82) is 5.26 Å². The Kier molecular flexibility index (Phi) is 4.78. The average molecular weight is 292 g/mol. The summed E-state index contributed by atoms with van der Waals surface area (Å²) in [6, 6.07) is 13.7. The van der Waals surface area contributed by atoms with Crippen molar-refractivity contribution >= 4 is 23.8 Å². The van der Waals surface area contributed by atoms with E-state index in [0.717, 1.165) is 11.1 Å². The van der Waals surface area contributed by atoms with E-state index in [1.807, 2.05) is 18.2 Å². The zero-order valence-electron chi connectivity index (χ0n) is 11.8. The fourth-order valence-electron chi connectivity index (χ4n) is 1.87. The Morgan fingerprint density at radius 3 is 2.36 bits per heavy atom. The molecule has 0 radical (unpaired) electrons. The lowest BCUT2D eigenvalue weighted by atomic mass is 10.1. The molecule has 0 aliphatic carbocycles. The predicted molar refractivity (Wildman–Crippen MR) is 83.3 cm³/mol. The maximum absolute atomic E-state index is 11.3. The Hall–Kier alpha value is -3.26. The van der Waals surface area contributed by atoms with Crippen LogP contribution in [-0.4, -0.2) is 13.1 Å². The number of rotatable bonds is 4. The van der Waals surface area contributed by atoms with Crippen molar-refractivity contribution in [2.45, 2.75) is 0 Å². The van der Waals surface area contributed by atoms with Crippen LogP contribution in [0.3, 0.4) is 0 Å². The number of hydrogen-bond donors (Lipinski definition) is 0. The first-order valence-corrected chi connectivity index (χ1v) is 6.42. The van der Waals surface area contributed by atoms with Gasteiger partial charge in [0, 0.05) is 0 Å². The molecule has 0 saturated heterocycles. The minimum absolute atomic E-state index is 0.127. The van der Waals surface area contributed by atoms with Crippen molar-refractivity contribution in [1.82, 2.24) is 0 Å². The van der Waals surface area contributed by atoms with Gasteiger partial charge >= 0.3 is 5.97 Å². The molecule has 108 valence electrons. The van der Waals surface area contributed by atoms with Crippen LogP contribution in [0.5, 0.6) is 0 Å². The van der Waals surface area contributed by atoms with Gasteiger partial charge in [0.05, 0.1) is 18.2 Å². The highest BCUT2D eigenvalue weighted by molar-refractivity contribution is 5.89. The second-order valence-electron chi connectivity index (χ2n) is 4.43. The molecule has 0 N–H and O–H groups in total. The maximum Gasteiger partial charge on any atom is 0.337 e. The molecule has 0 saturated carbocycles. The molecule has 0 aromatic heterocycles.